The van der Waals surface area contributed by atoms with E-state index in [1.165, 1.54) is 5.39 Å². The zero-order chi connectivity index (χ0) is 24.1. The highest BCUT2D eigenvalue weighted by Crippen LogP contribution is 2.49. The molecule has 0 spiro atoms. The van der Waals surface area contributed by atoms with Crippen molar-refractivity contribution in [3.05, 3.63) is 115 Å². The first-order valence-corrected chi connectivity index (χ1v) is 14.7. The molecule has 0 aliphatic heterocycles. The van der Waals surface area contributed by atoms with Crippen molar-refractivity contribution < 1.29 is 4.57 Å². The zero-order valence-electron chi connectivity index (χ0n) is 19.7. The molecule has 0 aliphatic rings. The summed E-state index contributed by atoms with van der Waals surface area (Å²) in [6, 6.07) is 36.7. The van der Waals surface area contributed by atoms with Crippen LogP contribution < -0.4 is 10.6 Å². The first kappa shape index (κ1) is 23.8. The van der Waals surface area contributed by atoms with Gasteiger partial charge in [0.2, 0.25) is 0 Å². The van der Waals surface area contributed by atoms with E-state index in [2.05, 4.69) is 42.5 Å². The molecule has 1 atom stereocenters. The molecule has 0 saturated heterocycles. The lowest BCUT2D eigenvalue weighted by Crippen LogP contribution is -2.22. The summed E-state index contributed by atoms with van der Waals surface area (Å²) in [7, 11) is -2.91. The van der Waals surface area contributed by atoms with Crippen LogP contribution in [0.5, 0.6) is 0 Å². The Labute approximate surface area is 212 Å². The maximum Gasteiger partial charge on any atom is 0.143 e. The predicted molar refractivity (Wildman–Crippen MR) is 151 cm³/mol. The Hall–Kier alpha value is -2.93. The van der Waals surface area contributed by atoms with E-state index in [1.807, 2.05) is 66.7 Å². The van der Waals surface area contributed by atoms with Crippen LogP contribution in [-0.4, -0.2) is 17.0 Å². The van der Waals surface area contributed by atoms with E-state index < -0.39 is 7.14 Å². The van der Waals surface area contributed by atoms with Crippen molar-refractivity contribution in [1.29, 1.82) is 0 Å². The lowest BCUT2D eigenvalue weighted by Gasteiger charge is -2.26. The van der Waals surface area contributed by atoms with Gasteiger partial charge in [0.1, 0.15) is 7.14 Å². The van der Waals surface area contributed by atoms with Gasteiger partial charge in [-0.15, -0.1) is 11.6 Å². The van der Waals surface area contributed by atoms with Crippen LogP contribution in [0.15, 0.2) is 109 Å². The van der Waals surface area contributed by atoms with Gasteiger partial charge in [-0.25, -0.2) is 0 Å². The van der Waals surface area contributed by atoms with Gasteiger partial charge in [-0.05, 0) is 24.3 Å². The Bertz CT molecular complexity index is 1430. The summed E-state index contributed by atoms with van der Waals surface area (Å²) >= 11 is 6.06. The number of hydrogen-bond acceptors (Lipinski definition) is 2. The Morgan fingerprint density at radius 1 is 0.657 bits per heavy atom. The molecule has 0 aliphatic carbocycles. The fourth-order valence-corrected chi connectivity index (χ4v) is 8.24. The van der Waals surface area contributed by atoms with E-state index >= 15 is 0 Å². The number of para-hydroxylation sites is 1. The number of rotatable bonds is 9. The molecule has 0 bridgehead atoms. The number of nitrogens with zero attached hydrogens (tertiary/aromatic N) is 1. The molecular weight excluding hydrogens is 469 g/mol. The highest BCUT2D eigenvalue weighted by Gasteiger charge is 2.32. The molecule has 0 saturated carbocycles. The molecule has 4 heteroatoms. The number of halogens is 1. The molecular formula is C31H29ClNOP. The number of alkyl halides is 1. The highest BCUT2D eigenvalue weighted by molar-refractivity contribution is 7.78. The van der Waals surface area contributed by atoms with Crippen LogP contribution in [-0.2, 0) is 4.57 Å². The van der Waals surface area contributed by atoms with E-state index in [0.29, 0.717) is 12.0 Å². The molecule has 0 radical (unpaired) electrons. The number of fused-ring (bicyclic) bond motifs is 3. The third-order valence-corrected chi connectivity index (χ3v) is 10.3. The van der Waals surface area contributed by atoms with Gasteiger partial charge in [-0.1, -0.05) is 110 Å². The van der Waals surface area contributed by atoms with Crippen molar-refractivity contribution in [1.82, 2.24) is 4.98 Å². The minimum Gasteiger partial charge on any atom is -0.314 e. The second-order valence-electron chi connectivity index (χ2n) is 9.03. The van der Waals surface area contributed by atoms with Crippen molar-refractivity contribution in [2.75, 3.05) is 12.0 Å². The molecule has 5 aromatic rings. The molecule has 0 fully saturated rings. The number of aromatic nitrogens is 1. The summed E-state index contributed by atoms with van der Waals surface area (Å²) in [5.74, 6) is 0.673. The topological polar surface area (TPSA) is 30.0 Å². The van der Waals surface area contributed by atoms with Crippen molar-refractivity contribution in [3.63, 3.8) is 0 Å². The van der Waals surface area contributed by atoms with Gasteiger partial charge in [0.15, 0.2) is 0 Å². The van der Waals surface area contributed by atoms with Gasteiger partial charge < -0.3 is 4.57 Å². The lowest BCUT2D eigenvalue weighted by atomic mass is 9.94. The minimum absolute atomic E-state index is 0.0407. The van der Waals surface area contributed by atoms with Gasteiger partial charge in [0.05, 0.1) is 11.2 Å². The summed E-state index contributed by atoms with van der Waals surface area (Å²) in [6.45, 7) is 0. The van der Waals surface area contributed by atoms with Crippen LogP contribution in [0.25, 0.3) is 21.7 Å². The zero-order valence-corrected chi connectivity index (χ0v) is 21.3. The van der Waals surface area contributed by atoms with E-state index in [0.717, 1.165) is 51.9 Å². The first-order valence-electron chi connectivity index (χ1n) is 12.2. The highest BCUT2D eigenvalue weighted by atomic mass is 35.5. The van der Waals surface area contributed by atoms with Crippen molar-refractivity contribution in [3.8, 4) is 0 Å². The molecule has 176 valence electrons. The lowest BCUT2D eigenvalue weighted by molar-refractivity contribution is 0.570. The summed E-state index contributed by atoms with van der Waals surface area (Å²) in [5, 5.41) is 5.30. The summed E-state index contributed by atoms with van der Waals surface area (Å²) in [5.41, 5.74) is 2.03. The molecule has 0 N–H and O–H groups in total. The minimum atomic E-state index is -2.91. The number of unbranched alkanes of at least 4 members (excludes halogenated alkanes) is 1. The Kier molecular flexibility index (Phi) is 7.32. The Morgan fingerprint density at radius 3 is 1.83 bits per heavy atom. The third-order valence-electron chi connectivity index (χ3n) is 6.79. The SMILES string of the molecule is O=P(CC(CCCCCl)c1nc2ccccc2c2ccccc12)(c1ccccc1)c1ccccc1. The van der Waals surface area contributed by atoms with Crippen LogP contribution in [0.3, 0.4) is 0 Å². The quantitative estimate of drug-likeness (QED) is 0.0896. The Morgan fingerprint density at radius 2 is 1.20 bits per heavy atom. The molecule has 2 nitrogen and oxygen atoms in total. The van der Waals surface area contributed by atoms with Gasteiger partial charge in [-0.3, -0.25) is 4.98 Å². The fourth-order valence-electron chi connectivity index (χ4n) is 5.05. The largest absolute Gasteiger partial charge is 0.314 e. The second kappa shape index (κ2) is 10.8. The van der Waals surface area contributed by atoms with Crippen LogP contribution in [0.2, 0.25) is 0 Å². The second-order valence-corrected chi connectivity index (χ2v) is 12.3. The van der Waals surface area contributed by atoms with E-state index in [-0.39, 0.29) is 5.92 Å². The number of benzene rings is 4. The molecule has 5 rings (SSSR count). The van der Waals surface area contributed by atoms with Gasteiger partial charge in [-0.2, -0.15) is 0 Å². The van der Waals surface area contributed by atoms with Crippen LogP contribution in [0.1, 0.15) is 30.9 Å². The maximum absolute atomic E-state index is 15.0. The average molecular weight is 498 g/mol. The van der Waals surface area contributed by atoms with E-state index in [4.69, 9.17) is 16.6 Å². The third kappa shape index (κ3) is 4.92. The van der Waals surface area contributed by atoms with Crippen LogP contribution >= 0.6 is 18.7 Å². The fraction of sp³-hybridized carbons (Fsp3) is 0.194. The standard InChI is InChI=1S/C31H29ClNOP/c32-22-12-11-13-24(23-35(34,25-14-3-1-4-15-25)26-16-5-2-6-17-26)31-29-20-8-7-18-27(29)28-19-9-10-21-30(28)33-31/h1-10,14-21,24H,11-13,22-23H2. The van der Waals surface area contributed by atoms with Crippen molar-refractivity contribution >= 4 is 51.0 Å². The summed E-state index contributed by atoms with van der Waals surface area (Å²) in [6.07, 6.45) is 3.34. The van der Waals surface area contributed by atoms with Crippen molar-refractivity contribution in [2.24, 2.45) is 0 Å². The molecule has 1 aromatic heterocycles. The van der Waals surface area contributed by atoms with Crippen molar-refractivity contribution in [2.45, 2.75) is 25.2 Å². The van der Waals surface area contributed by atoms with Gasteiger partial charge in [0.25, 0.3) is 0 Å². The molecule has 1 unspecified atom stereocenters. The summed E-state index contributed by atoms with van der Waals surface area (Å²) in [4.78, 5) is 5.20. The van der Waals surface area contributed by atoms with Gasteiger partial charge in [0, 0.05) is 39.3 Å². The van der Waals surface area contributed by atoms with E-state index in [1.54, 1.807) is 0 Å². The van der Waals surface area contributed by atoms with Crippen LogP contribution in [0.4, 0.5) is 0 Å². The van der Waals surface area contributed by atoms with Gasteiger partial charge >= 0.3 is 0 Å². The smallest absolute Gasteiger partial charge is 0.143 e. The Balaban J connectivity index is 1.69. The molecule has 0 amide bonds. The van der Waals surface area contributed by atoms with Crippen LogP contribution in [0, 0.1) is 0 Å². The molecule has 1 heterocycles. The monoisotopic (exact) mass is 497 g/mol. The average Bonchev–Trinajstić information content (AvgIpc) is 2.93. The first-order chi connectivity index (χ1) is 17.2. The summed E-state index contributed by atoms with van der Waals surface area (Å²) < 4.78 is 15.0. The predicted octanol–water partition coefficient (Wildman–Crippen LogP) is 7.89. The normalized spacial score (nSPS) is 12.7. The molecule has 4 aromatic carbocycles. The number of hydrogen-bond donors (Lipinski definition) is 0. The maximum atomic E-state index is 15.0. The molecule has 35 heavy (non-hydrogen) atoms. The van der Waals surface area contributed by atoms with E-state index in [9.17, 15) is 4.57 Å². The number of pyridine rings is 1.